The lowest BCUT2D eigenvalue weighted by molar-refractivity contribution is -0.121. The fourth-order valence-corrected chi connectivity index (χ4v) is 3.16. The molecule has 1 amide bonds. The molecule has 1 heterocycles. The molecule has 1 aromatic heterocycles. The van der Waals surface area contributed by atoms with E-state index in [-0.39, 0.29) is 24.4 Å². The van der Waals surface area contributed by atoms with Crippen molar-refractivity contribution in [2.24, 2.45) is 5.92 Å². The Morgan fingerprint density at radius 2 is 2.17 bits per heavy atom. The van der Waals surface area contributed by atoms with E-state index < -0.39 is 5.54 Å². The molecule has 0 unspecified atom stereocenters. The van der Waals surface area contributed by atoms with Gasteiger partial charge in [0.1, 0.15) is 16.9 Å². The van der Waals surface area contributed by atoms with E-state index in [2.05, 4.69) is 16.7 Å². The van der Waals surface area contributed by atoms with Gasteiger partial charge in [-0.15, -0.1) is 0 Å². The number of furan rings is 1. The predicted octanol–water partition coefficient (Wildman–Crippen LogP) is 3.20. The molecule has 1 aliphatic carbocycles. The minimum absolute atomic E-state index is 0.0857. The molecule has 1 aromatic carbocycles. The molecule has 0 spiro atoms. The first-order valence-corrected chi connectivity index (χ1v) is 8.38. The van der Waals surface area contributed by atoms with Crippen LogP contribution in [0.15, 0.2) is 28.7 Å². The summed E-state index contributed by atoms with van der Waals surface area (Å²) < 4.78 is 5.92. The standard InChI is InChI=1S/C19H23N3O2/c1-12-15-6-4-5-7-16(15)24-18(12)13(2)21-10-17(23)22-19(3,11-20)14-8-9-14/h4-7,13-14,21H,8-10H2,1-3H3,(H,22,23)/t13-,19-/m0/s1. The quantitative estimate of drug-likeness (QED) is 0.855. The van der Waals surface area contributed by atoms with Crippen molar-refractivity contribution in [3.63, 3.8) is 0 Å². The highest BCUT2D eigenvalue weighted by molar-refractivity contribution is 5.82. The molecule has 5 heteroatoms. The summed E-state index contributed by atoms with van der Waals surface area (Å²) in [6, 6.07) is 10.1. The Bertz CT molecular complexity index is 801. The number of fused-ring (bicyclic) bond motifs is 1. The number of carbonyl (C=O) groups excluding carboxylic acids is 1. The van der Waals surface area contributed by atoms with Crippen molar-refractivity contribution in [1.29, 1.82) is 5.26 Å². The van der Waals surface area contributed by atoms with Gasteiger partial charge in [0.25, 0.3) is 0 Å². The molecule has 2 atom stereocenters. The number of rotatable bonds is 6. The van der Waals surface area contributed by atoms with Gasteiger partial charge in [-0.25, -0.2) is 0 Å². The summed E-state index contributed by atoms with van der Waals surface area (Å²) in [4.78, 5) is 12.2. The van der Waals surface area contributed by atoms with Gasteiger partial charge < -0.3 is 9.73 Å². The van der Waals surface area contributed by atoms with Crippen LogP contribution in [0.5, 0.6) is 0 Å². The molecule has 24 heavy (non-hydrogen) atoms. The lowest BCUT2D eigenvalue weighted by Crippen LogP contribution is -2.49. The van der Waals surface area contributed by atoms with Crippen LogP contribution < -0.4 is 10.6 Å². The zero-order valence-corrected chi connectivity index (χ0v) is 14.3. The minimum Gasteiger partial charge on any atom is -0.459 e. The van der Waals surface area contributed by atoms with E-state index >= 15 is 0 Å². The third-order valence-electron chi connectivity index (χ3n) is 4.87. The van der Waals surface area contributed by atoms with Gasteiger partial charge in [-0.05, 0) is 51.2 Å². The third-order valence-corrected chi connectivity index (χ3v) is 4.87. The number of nitrogens with zero attached hydrogens (tertiary/aromatic N) is 1. The van der Waals surface area contributed by atoms with Crippen LogP contribution in [0.4, 0.5) is 0 Å². The van der Waals surface area contributed by atoms with E-state index in [1.54, 1.807) is 6.92 Å². The molecular formula is C19H23N3O2. The Balaban J connectivity index is 1.62. The van der Waals surface area contributed by atoms with Crippen LogP contribution in [0.1, 0.15) is 44.1 Å². The van der Waals surface area contributed by atoms with Gasteiger partial charge in [-0.1, -0.05) is 18.2 Å². The highest BCUT2D eigenvalue weighted by Crippen LogP contribution is 2.39. The number of nitrogens with one attached hydrogen (secondary N) is 2. The second kappa shape index (κ2) is 6.29. The Kier molecular flexibility index (Phi) is 4.33. The zero-order chi connectivity index (χ0) is 17.3. The SMILES string of the molecule is Cc1c([C@H](C)NCC(=O)N[C@@](C)(C#N)C2CC2)oc2ccccc12. The molecule has 1 aliphatic rings. The summed E-state index contributed by atoms with van der Waals surface area (Å²) in [6.45, 7) is 5.96. The first kappa shape index (κ1) is 16.5. The van der Waals surface area contributed by atoms with Gasteiger partial charge in [0.2, 0.25) is 5.91 Å². The largest absolute Gasteiger partial charge is 0.459 e. The van der Waals surface area contributed by atoms with E-state index in [1.165, 1.54) is 0 Å². The number of benzene rings is 1. The number of amides is 1. The van der Waals surface area contributed by atoms with Crippen molar-refractivity contribution in [1.82, 2.24) is 10.6 Å². The summed E-state index contributed by atoms with van der Waals surface area (Å²) >= 11 is 0. The minimum atomic E-state index is -0.753. The van der Waals surface area contributed by atoms with Crippen LogP contribution in [0.2, 0.25) is 0 Å². The number of carbonyl (C=O) groups is 1. The maximum atomic E-state index is 12.2. The number of hydrogen-bond acceptors (Lipinski definition) is 4. The molecule has 3 rings (SSSR count). The average molecular weight is 325 g/mol. The van der Waals surface area contributed by atoms with Crippen molar-refractivity contribution >= 4 is 16.9 Å². The third kappa shape index (κ3) is 3.15. The molecule has 0 aliphatic heterocycles. The topological polar surface area (TPSA) is 78.1 Å². The molecule has 0 bridgehead atoms. The molecule has 0 radical (unpaired) electrons. The summed E-state index contributed by atoms with van der Waals surface area (Å²) in [6.07, 6.45) is 2.01. The predicted molar refractivity (Wildman–Crippen MR) is 92.3 cm³/mol. The Labute approximate surface area is 142 Å². The lowest BCUT2D eigenvalue weighted by Gasteiger charge is -2.23. The van der Waals surface area contributed by atoms with Gasteiger partial charge >= 0.3 is 0 Å². The van der Waals surface area contributed by atoms with Crippen molar-refractivity contribution in [3.05, 3.63) is 35.6 Å². The lowest BCUT2D eigenvalue weighted by atomic mass is 9.98. The number of nitriles is 1. The fraction of sp³-hybridized carbons (Fsp3) is 0.474. The molecule has 2 N–H and O–H groups in total. The first-order chi connectivity index (χ1) is 11.4. The maximum absolute atomic E-state index is 12.2. The van der Waals surface area contributed by atoms with Crippen molar-refractivity contribution in [3.8, 4) is 6.07 Å². The van der Waals surface area contributed by atoms with E-state index in [0.717, 1.165) is 35.1 Å². The van der Waals surface area contributed by atoms with Crippen LogP contribution in [0.25, 0.3) is 11.0 Å². The maximum Gasteiger partial charge on any atom is 0.235 e. The van der Waals surface area contributed by atoms with Crippen molar-refractivity contribution in [2.75, 3.05) is 6.54 Å². The Morgan fingerprint density at radius 3 is 2.79 bits per heavy atom. The van der Waals surface area contributed by atoms with Crippen LogP contribution in [-0.2, 0) is 4.79 Å². The number of hydrogen-bond donors (Lipinski definition) is 2. The van der Waals surface area contributed by atoms with E-state index in [1.807, 2.05) is 38.1 Å². The highest BCUT2D eigenvalue weighted by Gasteiger charge is 2.42. The summed E-state index contributed by atoms with van der Waals surface area (Å²) in [5.41, 5.74) is 1.19. The summed E-state index contributed by atoms with van der Waals surface area (Å²) in [7, 11) is 0. The van der Waals surface area contributed by atoms with Crippen LogP contribution in [0, 0.1) is 24.2 Å². The highest BCUT2D eigenvalue weighted by atomic mass is 16.3. The molecule has 5 nitrogen and oxygen atoms in total. The number of para-hydroxylation sites is 1. The van der Waals surface area contributed by atoms with Crippen LogP contribution >= 0.6 is 0 Å². The Morgan fingerprint density at radius 1 is 1.46 bits per heavy atom. The van der Waals surface area contributed by atoms with Gasteiger partial charge in [0.15, 0.2) is 0 Å². The smallest absolute Gasteiger partial charge is 0.235 e. The van der Waals surface area contributed by atoms with Crippen molar-refractivity contribution in [2.45, 2.75) is 45.2 Å². The van der Waals surface area contributed by atoms with Gasteiger partial charge in [0.05, 0.1) is 18.7 Å². The van der Waals surface area contributed by atoms with Crippen molar-refractivity contribution < 1.29 is 9.21 Å². The van der Waals surface area contributed by atoms with E-state index in [9.17, 15) is 10.1 Å². The molecular weight excluding hydrogens is 302 g/mol. The molecule has 1 saturated carbocycles. The van der Waals surface area contributed by atoms with Crippen LogP contribution in [-0.4, -0.2) is 18.0 Å². The fourth-order valence-electron chi connectivity index (χ4n) is 3.16. The van der Waals surface area contributed by atoms with E-state index in [0.29, 0.717) is 0 Å². The summed E-state index contributed by atoms with van der Waals surface area (Å²) in [5, 5.41) is 16.5. The van der Waals surface area contributed by atoms with Gasteiger partial charge in [-0.2, -0.15) is 5.26 Å². The molecule has 0 saturated heterocycles. The molecule has 126 valence electrons. The monoisotopic (exact) mass is 325 g/mol. The number of aryl methyl sites for hydroxylation is 1. The molecule has 2 aromatic rings. The zero-order valence-electron chi connectivity index (χ0n) is 14.3. The first-order valence-electron chi connectivity index (χ1n) is 8.38. The van der Waals surface area contributed by atoms with Crippen LogP contribution in [0.3, 0.4) is 0 Å². The summed E-state index contributed by atoms with van der Waals surface area (Å²) in [5.74, 6) is 0.960. The average Bonchev–Trinajstić information content (AvgIpc) is 3.38. The second-order valence-corrected chi connectivity index (χ2v) is 6.83. The Hall–Kier alpha value is -2.32. The molecule has 1 fully saturated rings. The normalized spacial score (nSPS) is 17.9. The second-order valence-electron chi connectivity index (χ2n) is 6.83. The van der Waals surface area contributed by atoms with Gasteiger partial charge in [0, 0.05) is 5.39 Å². The van der Waals surface area contributed by atoms with E-state index in [4.69, 9.17) is 4.42 Å². The van der Waals surface area contributed by atoms with Gasteiger partial charge in [-0.3, -0.25) is 10.1 Å².